The van der Waals surface area contributed by atoms with Crippen molar-refractivity contribution in [2.75, 3.05) is 5.32 Å². The minimum absolute atomic E-state index is 0.0432. The summed E-state index contributed by atoms with van der Waals surface area (Å²) in [4.78, 5) is 40.6. The van der Waals surface area contributed by atoms with Crippen LogP contribution in [-0.2, 0) is 22.6 Å². The lowest BCUT2D eigenvalue weighted by atomic mass is 10.0. The Bertz CT molecular complexity index is 1380. The zero-order chi connectivity index (χ0) is 26.2. The highest BCUT2D eigenvalue weighted by Gasteiger charge is 2.24. The van der Waals surface area contributed by atoms with E-state index in [-0.39, 0.29) is 18.7 Å². The molecule has 1 heterocycles. The first-order chi connectivity index (χ1) is 17.9. The van der Waals surface area contributed by atoms with E-state index in [0.717, 1.165) is 15.6 Å². The van der Waals surface area contributed by atoms with Gasteiger partial charge >= 0.3 is 6.09 Å². The van der Waals surface area contributed by atoms with Crippen LogP contribution >= 0.6 is 27.3 Å². The van der Waals surface area contributed by atoms with Gasteiger partial charge in [-0.25, -0.2) is 9.78 Å². The van der Waals surface area contributed by atoms with Gasteiger partial charge in [-0.05, 0) is 23.3 Å². The van der Waals surface area contributed by atoms with Crippen LogP contribution in [0.15, 0.2) is 88.7 Å². The van der Waals surface area contributed by atoms with E-state index in [1.54, 1.807) is 12.1 Å². The largest absolute Gasteiger partial charge is 0.445 e. The second kappa shape index (κ2) is 12.2. The Kier molecular flexibility index (Phi) is 8.60. The van der Waals surface area contributed by atoms with Crippen molar-refractivity contribution in [3.8, 4) is 11.3 Å². The van der Waals surface area contributed by atoms with Gasteiger partial charge in [0.1, 0.15) is 12.6 Å². The molecule has 0 saturated heterocycles. The summed E-state index contributed by atoms with van der Waals surface area (Å²) in [6.45, 7) is 0.0432. The molecule has 4 aromatic rings. The third-order valence-electron chi connectivity index (χ3n) is 5.28. The summed E-state index contributed by atoms with van der Waals surface area (Å²) in [5.41, 5.74) is 2.96. The summed E-state index contributed by atoms with van der Waals surface area (Å²) < 4.78 is 6.23. The average molecular weight is 581 g/mol. The SMILES string of the molecule is O=C(N[C@H](Cc1ccc([N+](=O)[O-])cc1)C(=O)Nc1nc(-c2ccc(Br)cc2)cs1)OCc1ccccc1. The van der Waals surface area contributed by atoms with E-state index in [1.807, 2.05) is 60.0 Å². The Balaban J connectivity index is 1.46. The molecule has 0 spiro atoms. The molecule has 0 unspecified atom stereocenters. The highest BCUT2D eigenvalue weighted by Crippen LogP contribution is 2.26. The fraction of sp³-hybridized carbons (Fsp3) is 0.115. The van der Waals surface area contributed by atoms with Gasteiger partial charge in [0, 0.05) is 34.0 Å². The smallest absolute Gasteiger partial charge is 0.408 e. The normalized spacial score (nSPS) is 11.4. The lowest BCUT2D eigenvalue weighted by Gasteiger charge is -2.18. The predicted octanol–water partition coefficient (Wildman–Crippen LogP) is 5.96. The Morgan fingerprint density at radius 3 is 2.38 bits per heavy atom. The van der Waals surface area contributed by atoms with Crippen LogP contribution in [0.3, 0.4) is 0 Å². The molecule has 11 heteroatoms. The van der Waals surface area contributed by atoms with Crippen molar-refractivity contribution in [1.82, 2.24) is 10.3 Å². The van der Waals surface area contributed by atoms with E-state index in [9.17, 15) is 19.7 Å². The number of thiazole rings is 1. The molecular weight excluding hydrogens is 560 g/mol. The molecule has 9 nitrogen and oxygen atoms in total. The number of hydrogen-bond donors (Lipinski definition) is 2. The van der Waals surface area contributed by atoms with Gasteiger partial charge in [0.2, 0.25) is 5.91 Å². The molecular formula is C26H21BrN4O5S. The molecule has 2 N–H and O–H groups in total. The molecule has 188 valence electrons. The number of nitro benzene ring substituents is 1. The summed E-state index contributed by atoms with van der Waals surface area (Å²) in [5, 5.41) is 18.5. The van der Waals surface area contributed by atoms with Crippen molar-refractivity contribution in [3.63, 3.8) is 0 Å². The molecule has 0 fully saturated rings. The van der Waals surface area contributed by atoms with E-state index < -0.39 is 23.0 Å². The third kappa shape index (κ3) is 7.45. The van der Waals surface area contributed by atoms with Crippen LogP contribution < -0.4 is 10.6 Å². The first kappa shape index (κ1) is 26.0. The van der Waals surface area contributed by atoms with E-state index in [2.05, 4.69) is 31.5 Å². The molecule has 0 radical (unpaired) electrons. The molecule has 0 aliphatic heterocycles. The highest BCUT2D eigenvalue weighted by atomic mass is 79.9. The minimum Gasteiger partial charge on any atom is -0.445 e. The number of nitro groups is 1. The van der Waals surface area contributed by atoms with Gasteiger partial charge in [-0.2, -0.15) is 0 Å². The first-order valence-corrected chi connectivity index (χ1v) is 12.8. The number of amides is 2. The number of alkyl carbamates (subject to hydrolysis) is 1. The number of non-ortho nitro benzene ring substituents is 1. The maximum Gasteiger partial charge on any atom is 0.408 e. The Morgan fingerprint density at radius 1 is 1.00 bits per heavy atom. The van der Waals surface area contributed by atoms with E-state index in [0.29, 0.717) is 16.4 Å². The van der Waals surface area contributed by atoms with Crippen LogP contribution in [0.4, 0.5) is 15.6 Å². The number of rotatable bonds is 9. The van der Waals surface area contributed by atoms with Gasteiger partial charge in [0.15, 0.2) is 5.13 Å². The maximum atomic E-state index is 13.2. The molecule has 0 bridgehead atoms. The van der Waals surface area contributed by atoms with Crippen LogP contribution in [0, 0.1) is 10.1 Å². The number of carbonyl (C=O) groups excluding carboxylic acids is 2. The molecule has 0 saturated carbocycles. The van der Waals surface area contributed by atoms with Gasteiger partial charge in [0.05, 0.1) is 10.6 Å². The van der Waals surface area contributed by atoms with Crippen molar-refractivity contribution < 1.29 is 19.2 Å². The fourth-order valence-corrected chi connectivity index (χ4v) is 4.37. The van der Waals surface area contributed by atoms with Crippen LogP contribution in [0.1, 0.15) is 11.1 Å². The third-order valence-corrected chi connectivity index (χ3v) is 6.57. The standard InChI is InChI=1S/C26H21BrN4O5S/c27-20-10-8-19(9-11-20)23-16-37-25(28-23)30-24(32)22(14-17-6-12-21(13-7-17)31(34)35)29-26(33)36-15-18-4-2-1-3-5-18/h1-13,16,22H,14-15H2,(H,29,33)(H,28,30,32)/t22-/m1/s1. The summed E-state index contributed by atoms with van der Waals surface area (Å²) >= 11 is 4.66. The fourth-order valence-electron chi connectivity index (χ4n) is 3.38. The van der Waals surface area contributed by atoms with E-state index in [1.165, 1.54) is 23.5 Å². The molecule has 1 aromatic heterocycles. The summed E-state index contributed by atoms with van der Waals surface area (Å²) in [5.74, 6) is -0.494. The molecule has 1 atom stereocenters. The summed E-state index contributed by atoms with van der Waals surface area (Å²) in [6.07, 6.45) is -0.671. The number of hydrogen-bond acceptors (Lipinski definition) is 7. The maximum absolute atomic E-state index is 13.2. The van der Waals surface area contributed by atoms with Gasteiger partial charge in [-0.3, -0.25) is 14.9 Å². The quantitative estimate of drug-likeness (QED) is 0.186. The number of nitrogens with one attached hydrogen (secondary N) is 2. The number of halogens is 1. The van der Waals surface area contributed by atoms with Crippen molar-refractivity contribution in [3.05, 3.63) is 110 Å². The van der Waals surface area contributed by atoms with Crippen LogP contribution in [0.25, 0.3) is 11.3 Å². The molecule has 0 aliphatic carbocycles. The lowest BCUT2D eigenvalue weighted by molar-refractivity contribution is -0.384. The van der Waals surface area contributed by atoms with Crippen LogP contribution in [-0.4, -0.2) is 27.9 Å². The van der Waals surface area contributed by atoms with Gasteiger partial charge in [-0.15, -0.1) is 11.3 Å². The highest BCUT2D eigenvalue weighted by molar-refractivity contribution is 9.10. The van der Waals surface area contributed by atoms with Gasteiger partial charge in [-0.1, -0.05) is 70.5 Å². The number of ether oxygens (including phenoxy) is 1. The predicted molar refractivity (Wildman–Crippen MR) is 144 cm³/mol. The summed E-state index contributed by atoms with van der Waals surface area (Å²) in [7, 11) is 0. The zero-order valence-corrected chi connectivity index (χ0v) is 21.7. The first-order valence-electron chi connectivity index (χ1n) is 11.1. The molecule has 37 heavy (non-hydrogen) atoms. The lowest BCUT2D eigenvalue weighted by Crippen LogP contribution is -2.45. The number of carbonyl (C=O) groups is 2. The number of nitrogens with zero attached hydrogens (tertiary/aromatic N) is 2. The molecule has 4 rings (SSSR count). The van der Waals surface area contributed by atoms with Crippen molar-refractivity contribution in [2.24, 2.45) is 0 Å². The Labute approximate surface area is 224 Å². The van der Waals surface area contributed by atoms with Crippen molar-refractivity contribution >= 4 is 50.1 Å². The van der Waals surface area contributed by atoms with E-state index in [4.69, 9.17) is 4.74 Å². The Hall–Kier alpha value is -4.09. The van der Waals surface area contributed by atoms with E-state index >= 15 is 0 Å². The van der Waals surface area contributed by atoms with Crippen molar-refractivity contribution in [2.45, 2.75) is 19.1 Å². The molecule has 3 aromatic carbocycles. The topological polar surface area (TPSA) is 123 Å². The average Bonchev–Trinajstić information content (AvgIpc) is 3.37. The van der Waals surface area contributed by atoms with Gasteiger partial charge < -0.3 is 15.4 Å². The minimum atomic E-state index is -1.01. The molecule has 2 amide bonds. The molecule has 0 aliphatic rings. The second-order valence-corrected chi connectivity index (χ2v) is 9.69. The second-order valence-electron chi connectivity index (χ2n) is 7.92. The Morgan fingerprint density at radius 2 is 1.70 bits per heavy atom. The summed E-state index contributed by atoms with van der Waals surface area (Å²) in [6, 6.07) is 21.6. The number of benzene rings is 3. The monoisotopic (exact) mass is 580 g/mol. The van der Waals surface area contributed by atoms with Crippen molar-refractivity contribution in [1.29, 1.82) is 0 Å². The number of anilines is 1. The zero-order valence-electron chi connectivity index (χ0n) is 19.3. The van der Waals surface area contributed by atoms with Gasteiger partial charge in [0.25, 0.3) is 5.69 Å². The number of aromatic nitrogens is 1. The van der Waals surface area contributed by atoms with Crippen LogP contribution in [0.2, 0.25) is 0 Å². The van der Waals surface area contributed by atoms with Crippen LogP contribution in [0.5, 0.6) is 0 Å².